The van der Waals surface area contributed by atoms with Gasteiger partial charge in [-0.2, -0.15) is 0 Å². The smallest absolute Gasteiger partial charge is 0.315 e. The Labute approximate surface area is 66.4 Å². The van der Waals surface area contributed by atoms with Crippen LogP contribution in [0.3, 0.4) is 0 Å². The maximum Gasteiger partial charge on any atom is 0.315 e. The zero-order valence-electron chi connectivity index (χ0n) is 5.76. The fraction of sp³-hybridized carbons (Fsp3) is 0.333. The van der Waals surface area contributed by atoms with Crippen molar-refractivity contribution in [2.24, 2.45) is 11.8 Å². The van der Waals surface area contributed by atoms with Crippen molar-refractivity contribution in [2.75, 3.05) is 0 Å². The summed E-state index contributed by atoms with van der Waals surface area (Å²) in [5, 5.41) is 34.2. The van der Waals surface area contributed by atoms with Gasteiger partial charge in [-0.15, -0.1) is 0 Å². The molecule has 0 aromatic carbocycles. The minimum absolute atomic E-state index is 0.769. The Bertz CT molecular complexity index is 250. The lowest BCUT2D eigenvalue weighted by atomic mass is 9.78. The van der Waals surface area contributed by atoms with Crippen LogP contribution in [-0.4, -0.2) is 32.4 Å². The number of hydrogen-bond acceptors (Lipinski definition) is 4. The van der Waals surface area contributed by atoms with Gasteiger partial charge in [0.1, 0.15) is 23.4 Å². The maximum absolute atomic E-state index is 10.3. The third-order valence-corrected chi connectivity index (χ3v) is 1.72. The standard InChI is InChI=1S/C6H6O6/c7-3-1(5(9)10)2(4(3)8)6(11)12/h1-2,7-8H,(H,9,10)(H,11,12). The zero-order chi connectivity index (χ0) is 9.46. The van der Waals surface area contributed by atoms with E-state index in [1.54, 1.807) is 0 Å². The van der Waals surface area contributed by atoms with Crippen LogP contribution >= 0.6 is 0 Å². The third kappa shape index (κ3) is 0.884. The first-order chi connectivity index (χ1) is 5.46. The average molecular weight is 174 g/mol. The average Bonchev–Trinajstić information content (AvgIpc) is 1.96. The van der Waals surface area contributed by atoms with E-state index in [1.165, 1.54) is 0 Å². The van der Waals surface area contributed by atoms with E-state index in [0.717, 1.165) is 0 Å². The van der Waals surface area contributed by atoms with Gasteiger partial charge in [-0.25, -0.2) is 0 Å². The summed E-state index contributed by atoms with van der Waals surface area (Å²) in [7, 11) is 0. The summed E-state index contributed by atoms with van der Waals surface area (Å²) in [4.78, 5) is 20.6. The van der Waals surface area contributed by atoms with Crippen LogP contribution in [0.4, 0.5) is 0 Å². The predicted octanol–water partition coefficient (Wildman–Crippen LogP) is -0.271. The molecule has 1 aliphatic rings. The van der Waals surface area contributed by atoms with Gasteiger partial charge in [-0.1, -0.05) is 0 Å². The minimum atomic E-state index is -1.51. The van der Waals surface area contributed by atoms with Crippen LogP contribution in [0.1, 0.15) is 0 Å². The fourth-order valence-electron chi connectivity index (χ4n) is 1.06. The van der Waals surface area contributed by atoms with Gasteiger partial charge in [-0.3, -0.25) is 9.59 Å². The molecule has 0 bridgehead atoms. The number of rotatable bonds is 2. The first kappa shape index (κ1) is 8.38. The van der Waals surface area contributed by atoms with Crippen LogP contribution in [0.2, 0.25) is 0 Å². The zero-order valence-corrected chi connectivity index (χ0v) is 5.76. The Kier molecular flexibility index (Phi) is 1.68. The molecule has 0 radical (unpaired) electrons. The predicted molar refractivity (Wildman–Crippen MR) is 34.5 cm³/mol. The highest BCUT2D eigenvalue weighted by Gasteiger charge is 2.50. The Morgan fingerprint density at radius 2 is 1.17 bits per heavy atom. The molecule has 0 fully saturated rings. The van der Waals surface area contributed by atoms with Crippen molar-refractivity contribution in [3.8, 4) is 0 Å². The number of carboxylic acid groups (broad SMARTS) is 2. The molecule has 1 aliphatic carbocycles. The number of carbonyl (C=O) groups is 2. The van der Waals surface area contributed by atoms with Gasteiger partial charge < -0.3 is 20.4 Å². The summed E-state index contributed by atoms with van der Waals surface area (Å²) in [6.45, 7) is 0. The van der Waals surface area contributed by atoms with Gasteiger partial charge in [0.15, 0.2) is 0 Å². The quantitative estimate of drug-likeness (QED) is 0.458. The summed E-state index contributed by atoms with van der Waals surface area (Å²) in [5.41, 5.74) is 0. The van der Waals surface area contributed by atoms with Crippen LogP contribution in [0.15, 0.2) is 11.5 Å². The van der Waals surface area contributed by atoms with Gasteiger partial charge in [-0.05, 0) is 0 Å². The molecule has 12 heavy (non-hydrogen) atoms. The van der Waals surface area contributed by atoms with Crippen molar-refractivity contribution >= 4 is 11.9 Å². The van der Waals surface area contributed by atoms with E-state index >= 15 is 0 Å². The second-order valence-electron chi connectivity index (χ2n) is 2.40. The van der Waals surface area contributed by atoms with Gasteiger partial charge in [0.2, 0.25) is 0 Å². The second-order valence-corrected chi connectivity index (χ2v) is 2.40. The van der Waals surface area contributed by atoms with Crippen LogP contribution in [0.25, 0.3) is 0 Å². The molecule has 66 valence electrons. The number of aliphatic carboxylic acids is 2. The molecule has 0 aromatic rings. The lowest BCUT2D eigenvalue weighted by Gasteiger charge is -2.28. The Morgan fingerprint density at radius 3 is 1.33 bits per heavy atom. The molecule has 0 amide bonds. The van der Waals surface area contributed by atoms with Crippen molar-refractivity contribution in [1.29, 1.82) is 0 Å². The van der Waals surface area contributed by atoms with Crippen LogP contribution in [0.5, 0.6) is 0 Å². The Hall–Kier alpha value is -1.72. The van der Waals surface area contributed by atoms with E-state index in [4.69, 9.17) is 20.4 Å². The Morgan fingerprint density at radius 1 is 0.917 bits per heavy atom. The molecule has 0 heterocycles. The summed E-state index contributed by atoms with van der Waals surface area (Å²) in [6.07, 6.45) is 0. The minimum Gasteiger partial charge on any atom is -0.508 e. The SMILES string of the molecule is O=C(O)C1C(O)=C(O)C1C(=O)O. The second kappa shape index (κ2) is 2.40. The molecule has 1 rings (SSSR count). The van der Waals surface area contributed by atoms with Crippen molar-refractivity contribution in [2.45, 2.75) is 0 Å². The highest BCUT2D eigenvalue weighted by molar-refractivity contribution is 5.87. The molecular weight excluding hydrogens is 168 g/mol. The normalized spacial score (nSPS) is 28.0. The van der Waals surface area contributed by atoms with Crippen LogP contribution in [-0.2, 0) is 9.59 Å². The molecule has 0 saturated carbocycles. The molecule has 2 unspecified atom stereocenters. The molecule has 0 spiro atoms. The van der Waals surface area contributed by atoms with Crippen molar-refractivity contribution in [3.05, 3.63) is 11.5 Å². The first-order valence-corrected chi connectivity index (χ1v) is 3.04. The van der Waals surface area contributed by atoms with Crippen LogP contribution in [0, 0.1) is 11.8 Å². The van der Waals surface area contributed by atoms with Gasteiger partial charge in [0, 0.05) is 0 Å². The lowest BCUT2D eigenvalue weighted by molar-refractivity contribution is -0.156. The van der Waals surface area contributed by atoms with E-state index in [2.05, 4.69) is 0 Å². The van der Waals surface area contributed by atoms with Gasteiger partial charge in [0.05, 0.1) is 0 Å². The molecule has 0 saturated heterocycles. The lowest BCUT2D eigenvalue weighted by Crippen LogP contribution is -2.41. The highest BCUT2D eigenvalue weighted by Crippen LogP contribution is 2.37. The van der Waals surface area contributed by atoms with E-state index in [0.29, 0.717) is 0 Å². The molecule has 0 aromatic heterocycles. The third-order valence-electron chi connectivity index (χ3n) is 1.72. The number of aliphatic hydroxyl groups excluding tert-OH is 2. The Balaban J connectivity index is 2.94. The van der Waals surface area contributed by atoms with E-state index in [-0.39, 0.29) is 0 Å². The summed E-state index contributed by atoms with van der Waals surface area (Å²) in [5.74, 6) is -7.48. The number of hydrogen-bond donors (Lipinski definition) is 4. The molecule has 6 heteroatoms. The van der Waals surface area contributed by atoms with Gasteiger partial charge in [0.25, 0.3) is 0 Å². The van der Waals surface area contributed by atoms with E-state index in [9.17, 15) is 9.59 Å². The molecule has 0 aliphatic heterocycles. The van der Waals surface area contributed by atoms with Crippen molar-refractivity contribution in [3.63, 3.8) is 0 Å². The van der Waals surface area contributed by atoms with Crippen LogP contribution < -0.4 is 0 Å². The number of carboxylic acids is 2. The molecule has 2 atom stereocenters. The fourth-order valence-corrected chi connectivity index (χ4v) is 1.06. The van der Waals surface area contributed by atoms with Crippen molar-refractivity contribution < 1.29 is 30.0 Å². The largest absolute Gasteiger partial charge is 0.508 e. The van der Waals surface area contributed by atoms with Crippen molar-refractivity contribution in [1.82, 2.24) is 0 Å². The highest BCUT2D eigenvalue weighted by atomic mass is 16.4. The van der Waals surface area contributed by atoms with Gasteiger partial charge >= 0.3 is 11.9 Å². The summed E-state index contributed by atoms with van der Waals surface area (Å²) in [6, 6.07) is 0. The topological polar surface area (TPSA) is 115 Å². The summed E-state index contributed by atoms with van der Waals surface area (Å²) >= 11 is 0. The van der Waals surface area contributed by atoms with E-state index in [1.807, 2.05) is 0 Å². The maximum atomic E-state index is 10.3. The molecular formula is C6H6O6. The van der Waals surface area contributed by atoms with E-state index < -0.39 is 35.3 Å². The summed E-state index contributed by atoms with van der Waals surface area (Å²) < 4.78 is 0. The molecule has 6 nitrogen and oxygen atoms in total. The molecule has 4 N–H and O–H groups in total. The first-order valence-electron chi connectivity index (χ1n) is 3.04. The monoisotopic (exact) mass is 174 g/mol. The number of aliphatic hydroxyl groups is 2.